The fraction of sp³-hybridized carbons (Fsp3) is 0.571. The summed E-state index contributed by atoms with van der Waals surface area (Å²) in [6.45, 7) is 3.40. The molecule has 1 aliphatic heterocycles. The van der Waals surface area contributed by atoms with Crippen molar-refractivity contribution >= 4 is 9.84 Å². The Morgan fingerprint density at radius 1 is 1.37 bits per heavy atom. The van der Waals surface area contributed by atoms with Crippen molar-refractivity contribution in [1.82, 2.24) is 5.32 Å². The molecule has 5 heteroatoms. The Kier molecular flexibility index (Phi) is 4.26. The minimum Gasteiger partial charge on any atom is -0.316 e. The first-order valence-electron chi connectivity index (χ1n) is 6.61. The molecule has 1 aromatic carbocycles. The summed E-state index contributed by atoms with van der Waals surface area (Å²) in [5.41, 5.74) is 0.245. The second-order valence-electron chi connectivity index (χ2n) is 5.39. The number of hydrogen-bond acceptors (Lipinski definition) is 3. The summed E-state index contributed by atoms with van der Waals surface area (Å²) in [7, 11) is -2.98. The largest absolute Gasteiger partial charge is 0.316 e. The zero-order valence-corrected chi connectivity index (χ0v) is 12.0. The molecule has 1 unspecified atom stereocenters. The number of hydrogen-bond donors (Lipinski definition) is 1. The molecule has 1 aromatic rings. The minimum absolute atomic E-state index is 0.154. The van der Waals surface area contributed by atoms with Gasteiger partial charge in [0.25, 0.3) is 0 Å². The monoisotopic (exact) mass is 285 g/mol. The van der Waals surface area contributed by atoms with Crippen molar-refractivity contribution in [2.45, 2.75) is 19.8 Å². The normalized spacial score (nSPS) is 25.6. The van der Waals surface area contributed by atoms with Crippen LogP contribution in [-0.2, 0) is 16.3 Å². The van der Waals surface area contributed by atoms with E-state index in [0.29, 0.717) is 24.9 Å². The van der Waals surface area contributed by atoms with E-state index in [-0.39, 0.29) is 22.7 Å². The van der Waals surface area contributed by atoms with E-state index in [2.05, 4.69) is 5.32 Å². The first-order chi connectivity index (χ1) is 8.96. The Morgan fingerprint density at radius 3 is 2.68 bits per heavy atom. The molecule has 3 nitrogen and oxygen atoms in total. The van der Waals surface area contributed by atoms with Crippen LogP contribution >= 0.6 is 0 Å². The fourth-order valence-corrected chi connectivity index (χ4v) is 4.93. The highest BCUT2D eigenvalue weighted by Crippen LogP contribution is 2.35. The van der Waals surface area contributed by atoms with E-state index < -0.39 is 9.84 Å². The molecule has 0 aliphatic carbocycles. The van der Waals surface area contributed by atoms with E-state index in [1.54, 1.807) is 18.2 Å². The van der Waals surface area contributed by atoms with Crippen LogP contribution in [0, 0.1) is 11.2 Å². The third-order valence-corrected chi connectivity index (χ3v) is 5.62. The predicted octanol–water partition coefficient (Wildman–Crippen LogP) is 1.78. The SMILES string of the molecule is CCNCC1(Cc2ccccc2F)CCS(=O)(=O)C1. The highest BCUT2D eigenvalue weighted by atomic mass is 32.2. The van der Waals surface area contributed by atoms with Crippen molar-refractivity contribution in [3.63, 3.8) is 0 Å². The Balaban J connectivity index is 2.22. The number of nitrogens with one attached hydrogen (secondary N) is 1. The quantitative estimate of drug-likeness (QED) is 0.897. The molecule has 106 valence electrons. The summed E-state index contributed by atoms with van der Waals surface area (Å²) in [5.74, 6) is 0.122. The molecular formula is C14H20FNO2S. The Morgan fingerprint density at radius 2 is 2.11 bits per heavy atom. The van der Waals surface area contributed by atoms with Gasteiger partial charge in [0.15, 0.2) is 9.84 Å². The number of rotatable bonds is 5. The third-order valence-electron chi connectivity index (χ3n) is 3.74. The fourth-order valence-electron chi connectivity index (χ4n) is 2.76. The van der Waals surface area contributed by atoms with Gasteiger partial charge in [-0.15, -0.1) is 0 Å². The molecule has 0 amide bonds. The van der Waals surface area contributed by atoms with E-state index >= 15 is 0 Å². The van der Waals surface area contributed by atoms with Gasteiger partial charge in [0.05, 0.1) is 11.5 Å². The van der Waals surface area contributed by atoms with Gasteiger partial charge in [0, 0.05) is 12.0 Å². The summed E-state index contributed by atoms with van der Waals surface area (Å²) < 4.78 is 37.3. The van der Waals surface area contributed by atoms with Gasteiger partial charge >= 0.3 is 0 Å². The third kappa shape index (κ3) is 3.54. The summed E-state index contributed by atoms with van der Waals surface area (Å²) in [4.78, 5) is 0. The number of benzene rings is 1. The zero-order chi connectivity index (χ0) is 13.9. The molecule has 1 N–H and O–H groups in total. The van der Waals surface area contributed by atoms with Gasteiger partial charge < -0.3 is 5.32 Å². The van der Waals surface area contributed by atoms with Crippen LogP contribution in [0.3, 0.4) is 0 Å². The topological polar surface area (TPSA) is 46.2 Å². The van der Waals surface area contributed by atoms with Gasteiger partial charge in [-0.25, -0.2) is 12.8 Å². The first kappa shape index (κ1) is 14.5. The maximum absolute atomic E-state index is 13.8. The molecule has 2 rings (SSSR count). The molecule has 0 saturated carbocycles. The number of halogens is 1. The van der Waals surface area contributed by atoms with Crippen molar-refractivity contribution in [1.29, 1.82) is 0 Å². The van der Waals surface area contributed by atoms with Crippen molar-refractivity contribution in [2.24, 2.45) is 5.41 Å². The maximum atomic E-state index is 13.8. The molecule has 1 atom stereocenters. The van der Waals surface area contributed by atoms with Crippen LogP contribution in [0.1, 0.15) is 18.9 Å². The molecule has 0 spiro atoms. The van der Waals surface area contributed by atoms with Crippen molar-refractivity contribution in [3.8, 4) is 0 Å². The van der Waals surface area contributed by atoms with Crippen molar-refractivity contribution in [2.75, 3.05) is 24.6 Å². The predicted molar refractivity (Wildman–Crippen MR) is 74.4 cm³/mol. The van der Waals surface area contributed by atoms with Crippen LogP contribution < -0.4 is 5.32 Å². The molecule has 1 fully saturated rings. The van der Waals surface area contributed by atoms with Gasteiger partial charge in [-0.2, -0.15) is 0 Å². The molecular weight excluding hydrogens is 265 g/mol. The minimum atomic E-state index is -2.98. The van der Waals surface area contributed by atoms with Gasteiger partial charge in [0.2, 0.25) is 0 Å². The molecule has 19 heavy (non-hydrogen) atoms. The average Bonchev–Trinajstić information content (AvgIpc) is 2.66. The van der Waals surface area contributed by atoms with E-state index in [9.17, 15) is 12.8 Å². The highest BCUT2D eigenvalue weighted by molar-refractivity contribution is 7.91. The van der Waals surface area contributed by atoms with Gasteiger partial charge in [0.1, 0.15) is 5.82 Å². The van der Waals surface area contributed by atoms with Gasteiger partial charge in [-0.05, 0) is 31.0 Å². The lowest BCUT2D eigenvalue weighted by Crippen LogP contribution is -2.37. The summed E-state index contributed by atoms with van der Waals surface area (Å²) >= 11 is 0. The Labute approximate surface area is 114 Å². The van der Waals surface area contributed by atoms with Gasteiger partial charge in [-0.3, -0.25) is 0 Å². The summed E-state index contributed by atoms with van der Waals surface area (Å²) in [6, 6.07) is 6.62. The zero-order valence-electron chi connectivity index (χ0n) is 11.2. The molecule has 1 heterocycles. The van der Waals surface area contributed by atoms with E-state index in [1.807, 2.05) is 6.92 Å². The molecule has 1 aliphatic rings. The van der Waals surface area contributed by atoms with Crippen LogP contribution in [-0.4, -0.2) is 33.0 Å². The highest BCUT2D eigenvalue weighted by Gasteiger charge is 2.42. The summed E-state index contributed by atoms with van der Waals surface area (Å²) in [5, 5.41) is 3.22. The van der Waals surface area contributed by atoms with Crippen LogP contribution in [0.4, 0.5) is 4.39 Å². The second-order valence-corrected chi connectivity index (χ2v) is 7.57. The van der Waals surface area contributed by atoms with E-state index in [1.165, 1.54) is 6.07 Å². The Bertz CT molecular complexity index is 544. The lowest BCUT2D eigenvalue weighted by atomic mass is 9.81. The van der Waals surface area contributed by atoms with Crippen LogP contribution in [0.25, 0.3) is 0 Å². The molecule has 0 aromatic heterocycles. The summed E-state index contributed by atoms with van der Waals surface area (Å²) in [6.07, 6.45) is 1.09. The molecule has 0 radical (unpaired) electrons. The number of sulfone groups is 1. The van der Waals surface area contributed by atoms with E-state index in [4.69, 9.17) is 0 Å². The van der Waals surface area contributed by atoms with Crippen LogP contribution in [0.2, 0.25) is 0 Å². The smallest absolute Gasteiger partial charge is 0.150 e. The average molecular weight is 285 g/mol. The van der Waals surface area contributed by atoms with Gasteiger partial charge in [-0.1, -0.05) is 25.1 Å². The maximum Gasteiger partial charge on any atom is 0.150 e. The standard InChI is InChI=1S/C14H20FNO2S/c1-2-16-10-14(7-8-19(17,18)11-14)9-12-5-3-4-6-13(12)15/h3-6,16H,2,7-11H2,1H3. The second kappa shape index (κ2) is 5.59. The Hall–Kier alpha value is -0.940. The van der Waals surface area contributed by atoms with Crippen molar-refractivity contribution in [3.05, 3.63) is 35.6 Å². The first-order valence-corrected chi connectivity index (χ1v) is 8.43. The van der Waals surface area contributed by atoms with Crippen molar-refractivity contribution < 1.29 is 12.8 Å². The molecule has 0 bridgehead atoms. The van der Waals surface area contributed by atoms with Crippen LogP contribution in [0.15, 0.2) is 24.3 Å². The molecule has 1 saturated heterocycles. The van der Waals surface area contributed by atoms with E-state index in [0.717, 1.165) is 6.54 Å². The van der Waals surface area contributed by atoms with Crippen LogP contribution in [0.5, 0.6) is 0 Å². The lowest BCUT2D eigenvalue weighted by Gasteiger charge is -2.28. The lowest BCUT2D eigenvalue weighted by molar-refractivity contribution is 0.310.